The molecule has 1 aromatic rings. The van der Waals surface area contributed by atoms with Gasteiger partial charge in [-0.3, -0.25) is 9.59 Å². The predicted molar refractivity (Wildman–Crippen MR) is 91.9 cm³/mol. The maximum absolute atomic E-state index is 12.1. The van der Waals surface area contributed by atoms with E-state index in [1.807, 2.05) is 0 Å². The van der Waals surface area contributed by atoms with Gasteiger partial charge in [0.05, 0.1) is 5.56 Å². The van der Waals surface area contributed by atoms with Gasteiger partial charge in [0.1, 0.15) is 6.61 Å². The minimum absolute atomic E-state index is 0.234. The van der Waals surface area contributed by atoms with Crippen LogP contribution in [0, 0.1) is 0 Å². The largest absolute Gasteiger partial charge is 0.458 e. The van der Waals surface area contributed by atoms with Crippen molar-refractivity contribution in [2.75, 3.05) is 6.61 Å². The normalized spacial score (nSPS) is 19.6. The van der Waals surface area contributed by atoms with E-state index in [0.29, 0.717) is 5.02 Å². The highest BCUT2D eigenvalue weighted by Crippen LogP contribution is 2.20. The van der Waals surface area contributed by atoms with Gasteiger partial charge in [0, 0.05) is 24.9 Å². The molecule has 0 saturated carbocycles. The number of carbonyl (C=O) groups excluding carboxylic acids is 4. The van der Waals surface area contributed by atoms with Gasteiger partial charge in [0.15, 0.2) is 18.3 Å². The van der Waals surface area contributed by atoms with Crippen molar-refractivity contribution in [3.05, 3.63) is 47.0 Å². The fourth-order valence-corrected chi connectivity index (χ4v) is 2.47. The third-order valence-electron chi connectivity index (χ3n) is 3.44. The monoisotopic (exact) mass is 396 g/mol. The maximum Gasteiger partial charge on any atom is 0.338 e. The van der Waals surface area contributed by atoms with Crippen LogP contribution in [-0.2, 0) is 33.3 Å². The fraction of sp³-hybridized carbons (Fsp3) is 0.333. The molecule has 9 heteroatoms. The van der Waals surface area contributed by atoms with Crippen LogP contribution in [0.1, 0.15) is 24.2 Å². The Morgan fingerprint density at radius 2 is 1.81 bits per heavy atom. The van der Waals surface area contributed by atoms with Crippen molar-refractivity contribution in [1.29, 1.82) is 0 Å². The average molecular weight is 397 g/mol. The molecule has 0 amide bonds. The molecule has 1 aliphatic heterocycles. The lowest BCUT2D eigenvalue weighted by atomic mass is 10.1. The molecule has 0 aliphatic carbocycles. The lowest BCUT2D eigenvalue weighted by Gasteiger charge is -2.32. The molecule has 1 heterocycles. The molecule has 0 unspecified atom stereocenters. The number of hydrogen-bond donors (Lipinski definition) is 0. The van der Waals surface area contributed by atoms with Gasteiger partial charge in [-0.05, 0) is 30.3 Å². The van der Waals surface area contributed by atoms with Crippen LogP contribution >= 0.6 is 11.6 Å². The summed E-state index contributed by atoms with van der Waals surface area (Å²) in [5.74, 6) is -2.70. The average Bonchev–Trinajstić information content (AvgIpc) is 2.60. The van der Waals surface area contributed by atoms with Crippen molar-refractivity contribution in [2.45, 2.75) is 32.2 Å². The zero-order valence-electron chi connectivity index (χ0n) is 14.5. The van der Waals surface area contributed by atoms with Gasteiger partial charge in [0.2, 0.25) is 0 Å². The van der Waals surface area contributed by atoms with Crippen LogP contribution in [0.25, 0.3) is 0 Å². The van der Waals surface area contributed by atoms with E-state index in [9.17, 15) is 19.2 Å². The molecule has 1 aliphatic rings. The standard InChI is InChI=1S/C18H17ClO8/c1-10(20)25-14-7-8-16(22)27-17(14)15(26-11(2)21)9-24-18(23)12-3-5-13(19)6-4-12/h3-8,14-15,17H,9H2,1-2H3/t14-,15-,17+/m1/s1. The number of carbonyl (C=O) groups is 4. The Hall–Kier alpha value is -2.87. The van der Waals surface area contributed by atoms with Gasteiger partial charge in [-0.1, -0.05) is 11.6 Å². The van der Waals surface area contributed by atoms with Gasteiger partial charge in [0.25, 0.3) is 0 Å². The number of esters is 4. The molecule has 0 bridgehead atoms. The molecule has 27 heavy (non-hydrogen) atoms. The van der Waals surface area contributed by atoms with Crippen molar-refractivity contribution in [3.8, 4) is 0 Å². The van der Waals surface area contributed by atoms with Crippen LogP contribution in [0.2, 0.25) is 5.02 Å². The second kappa shape index (κ2) is 9.18. The van der Waals surface area contributed by atoms with Gasteiger partial charge < -0.3 is 18.9 Å². The second-order valence-corrected chi connectivity index (χ2v) is 6.02. The first kappa shape index (κ1) is 20.4. The van der Waals surface area contributed by atoms with E-state index in [1.54, 1.807) is 0 Å². The van der Waals surface area contributed by atoms with Crippen molar-refractivity contribution in [2.24, 2.45) is 0 Å². The number of cyclic esters (lactones) is 1. The highest BCUT2D eigenvalue weighted by atomic mass is 35.5. The second-order valence-electron chi connectivity index (χ2n) is 5.59. The van der Waals surface area contributed by atoms with Gasteiger partial charge in [-0.2, -0.15) is 0 Å². The molecule has 0 spiro atoms. The highest BCUT2D eigenvalue weighted by molar-refractivity contribution is 6.30. The number of halogens is 1. The van der Waals surface area contributed by atoms with E-state index in [4.69, 9.17) is 30.5 Å². The maximum atomic E-state index is 12.1. The summed E-state index contributed by atoms with van der Waals surface area (Å²) in [6, 6.07) is 5.98. The van der Waals surface area contributed by atoms with Crippen LogP contribution in [0.4, 0.5) is 0 Å². The minimum Gasteiger partial charge on any atom is -0.458 e. The molecule has 2 rings (SSSR count). The van der Waals surface area contributed by atoms with E-state index >= 15 is 0 Å². The van der Waals surface area contributed by atoms with Crippen LogP contribution in [0.3, 0.4) is 0 Å². The molecule has 0 N–H and O–H groups in total. The first-order valence-electron chi connectivity index (χ1n) is 7.92. The van der Waals surface area contributed by atoms with Gasteiger partial charge in [-0.25, -0.2) is 9.59 Å². The lowest BCUT2D eigenvalue weighted by molar-refractivity contribution is -0.182. The number of ether oxygens (including phenoxy) is 4. The molecule has 8 nitrogen and oxygen atoms in total. The number of rotatable bonds is 6. The van der Waals surface area contributed by atoms with Crippen LogP contribution in [0.15, 0.2) is 36.4 Å². The summed E-state index contributed by atoms with van der Waals surface area (Å²) >= 11 is 5.77. The molecule has 1 aromatic carbocycles. The summed E-state index contributed by atoms with van der Waals surface area (Å²) in [5, 5.41) is 0.453. The number of benzene rings is 1. The molecule has 144 valence electrons. The van der Waals surface area contributed by atoms with Crippen LogP contribution in [-0.4, -0.2) is 48.8 Å². The Kier molecular flexibility index (Phi) is 6.95. The quantitative estimate of drug-likeness (QED) is 0.529. The molecule has 3 atom stereocenters. The van der Waals surface area contributed by atoms with Crippen molar-refractivity contribution >= 4 is 35.5 Å². The van der Waals surface area contributed by atoms with E-state index in [-0.39, 0.29) is 5.56 Å². The van der Waals surface area contributed by atoms with E-state index in [2.05, 4.69) is 0 Å². The molecule has 0 saturated heterocycles. The molecule has 0 fully saturated rings. The summed E-state index contributed by atoms with van der Waals surface area (Å²) in [6.07, 6.45) is -0.909. The summed E-state index contributed by atoms with van der Waals surface area (Å²) in [7, 11) is 0. The third-order valence-corrected chi connectivity index (χ3v) is 3.69. The minimum atomic E-state index is -1.17. The smallest absolute Gasteiger partial charge is 0.338 e. The van der Waals surface area contributed by atoms with Crippen molar-refractivity contribution < 1.29 is 38.1 Å². The van der Waals surface area contributed by atoms with Gasteiger partial charge in [-0.15, -0.1) is 0 Å². The summed E-state index contributed by atoms with van der Waals surface area (Å²) in [5.41, 5.74) is 0.234. The molecular weight excluding hydrogens is 380 g/mol. The fourth-order valence-electron chi connectivity index (χ4n) is 2.35. The molecule has 0 aromatic heterocycles. The lowest BCUT2D eigenvalue weighted by Crippen LogP contribution is -2.48. The topological polar surface area (TPSA) is 105 Å². The Labute approximate surface area is 160 Å². The Bertz CT molecular complexity index is 755. The molecule has 0 radical (unpaired) electrons. The van der Waals surface area contributed by atoms with Crippen LogP contribution < -0.4 is 0 Å². The zero-order chi connectivity index (χ0) is 20.0. The first-order chi connectivity index (χ1) is 12.8. The SMILES string of the molecule is CC(=O)O[C@@H]1C=CC(=O)O[C@@H]1[C@@H](COC(=O)c1ccc(Cl)cc1)OC(C)=O. The van der Waals surface area contributed by atoms with Crippen LogP contribution in [0.5, 0.6) is 0 Å². The van der Waals surface area contributed by atoms with E-state index in [1.165, 1.54) is 37.3 Å². The van der Waals surface area contributed by atoms with E-state index < -0.39 is 48.8 Å². The highest BCUT2D eigenvalue weighted by Gasteiger charge is 2.39. The van der Waals surface area contributed by atoms with Gasteiger partial charge >= 0.3 is 23.9 Å². The first-order valence-corrected chi connectivity index (χ1v) is 8.30. The predicted octanol–water partition coefficient (Wildman–Crippen LogP) is 1.84. The molecular formula is C18H17ClO8. The number of hydrogen-bond acceptors (Lipinski definition) is 8. The summed E-state index contributed by atoms with van der Waals surface area (Å²) in [6.45, 7) is 1.92. The summed E-state index contributed by atoms with van der Waals surface area (Å²) in [4.78, 5) is 46.4. The Balaban J connectivity index is 2.13. The Morgan fingerprint density at radius 3 is 2.41 bits per heavy atom. The van der Waals surface area contributed by atoms with E-state index in [0.717, 1.165) is 13.0 Å². The summed E-state index contributed by atoms with van der Waals surface area (Å²) < 4.78 is 20.5. The van der Waals surface area contributed by atoms with Crippen molar-refractivity contribution in [3.63, 3.8) is 0 Å². The zero-order valence-corrected chi connectivity index (χ0v) is 15.3. The third kappa shape index (κ3) is 6.10. The Morgan fingerprint density at radius 1 is 1.15 bits per heavy atom. The van der Waals surface area contributed by atoms with Crippen molar-refractivity contribution in [1.82, 2.24) is 0 Å².